The summed E-state index contributed by atoms with van der Waals surface area (Å²) in [5.41, 5.74) is 2.29. The number of amides is 1. The van der Waals surface area contributed by atoms with Gasteiger partial charge in [-0.25, -0.2) is 0 Å². The maximum absolute atomic E-state index is 11.7. The highest BCUT2D eigenvalue weighted by molar-refractivity contribution is 5.85. The lowest BCUT2D eigenvalue weighted by molar-refractivity contribution is -0.123. The van der Waals surface area contributed by atoms with Gasteiger partial charge in [-0.1, -0.05) is 29.8 Å². The Labute approximate surface area is 113 Å². The number of hydrogen-bond acceptors (Lipinski definition) is 3. The number of aryl methyl sites for hydroxylation is 1. The highest BCUT2D eigenvalue weighted by Gasteiger charge is 2.27. The zero-order chi connectivity index (χ0) is 12.3. The fraction of sp³-hybridized carbons (Fsp3) is 0.462. The Hall–Kier alpha value is -1.10. The average molecular weight is 271 g/mol. The van der Waals surface area contributed by atoms with E-state index >= 15 is 0 Å². The van der Waals surface area contributed by atoms with E-state index in [0.717, 1.165) is 5.56 Å². The first-order valence-corrected chi connectivity index (χ1v) is 5.90. The summed E-state index contributed by atoms with van der Waals surface area (Å²) >= 11 is 0. The number of aliphatic hydroxyl groups is 1. The number of aliphatic hydroxyl groups excluding tert-OH is 1. The molecule has 0 radical (unpaired) electrons. The molecular formula is C13H19ClN2O2. The predicted octanol–water partition coefficient (Wildman–Crippen LogP) is 0.756. The second-order valence-electron chi connectivity index (χ2n) is 4.55. The molecule has 3 N–H and O–H groups in total. The average Bonchev–Trinajstić information content (AvgIpc) is 2.75. The Morgan fingerprint density at radius 2 is 2.11 bits per heavy atom. The molecule has 0 saturated carbocycles. The van der Waals surface area contributed by atoms with Crippen LogP contribution < -0.4 is 10.6 Å². The number of carbonyl (C=O) groups excluding carboxylic acids is 1. The molecule has 5 heteroatoms. The molecule has 1 aromatic rings. The van der Waals surface area contributed by atoms with Gasteiger partial charge in [0.1, 0.15) is 0 Å². The van der Waals surface area contributed by atoms with E-state index in [0.29, 0.717) is 19.5 Å². The number of rotatable bonds is 3. The van der Waals surface area contributed by atoms with Gasteiger partial charge in [-0.2, -0.15) is 0 Å². The number of nitrogens with one attached hydrogen (secondary N) is 2. The normalized spacial score (nSPS) is 22.3. The molecule has 1 fully saturated rings. The monoisotopic (exact) mass is 270 g/mol. The summed E-state index contributed by atoms with van der Waals surface area (Å²) in [7, 11) is 0. The van der Waals surface area contributed by atoms with E-state index in [2.05, 4.69) is 10.6 Å². The Morgan fingerprint density at radius 1 is 1.44 bits per heavy atom. The Morgan fingerprint density at radius 3 is 2.67 bits per heavy atom. The molecule has 1 saturated heterocycles. The molecule has 0 aliphatic carbocycles. The topological polar surface area (TPSA) is 61.4 Å². The summed E-state index contributed by atoms with van der Waals surface area (Å²) in [4.78, 5) is 11.7. The first-order chi connectivity index (χ1) is 8.15. The molecule has 0 aromatic heterocycles. The number of hydrogen-bond donors (Lipinski definition) is 3. The van der Waals surface area contributed by atoms with E-state index in [-0.39, 0.29) is 24.4 Å². The number of halogens is 1. The maximum Gasteiger partial charge on any atom is 0.237 e. The minimum Gasteiger partial charge on any atom is -0.392 e. The van der Waals surface area contributed by atoms with Crippen molar-refractivity contribution in [1.82, 2.24) is 10.6 Å². The largest absolute Gasteiger partial charge is 0.392 e. The lowest BCUT2D eigenvalue weighted by Gasteiger charge is -2.11. The first-order valence-electron chi connectivity index (χ1n) is 5.90. The second-order valence-corrected chi connectivity index (χ2v) is 4.55. The molecule has 1 aliphatic heterocycles. The summed E-state index contributed by atoms with van der Waals surface area (Å²) in [6.07, 6.45) is 0.102. The Balaban J connectivity index is 0.00000162. The van der Waals surface area contributed by atoms with Gasteiger partial charge >= 0.3 is 0 Å². The van der Waals surface area contributed by atoms with Crippen molar-refractivity contribution in [2.75, 3.05) is 6.54 Å². The van der Waals surface area contributed by atoms with Crippen LogP contribution in [0.15, 0.2) is 24.3 Å². The summed E-state index contributed by atoms with van der Waals surface area (Å²) in [6, 6.07) is 7.81. The SMILES string of the molecule is Cc1ccc(CNC(=O)C2CC(O)CN2)cc1.Cl. The van der Waals surface area contributed by atoms with Gasteiger partial charge in [0, 0.05) is 13.1 Å². The van der Waals surface area contributed by atoms with Crippen LogP contribution in [0.5, 0.6) is 0 Å². The van der Waals surface area contributed by atoms with Crippen LogP contribution in [0.1, 0.15) is 17.5 Å². The predicted molar refractivity (Wildman–Crippen MR) is 72.7 cm³/mol. The van der Waals surface area contributed by atoms with Crippen molar-refractivity contribution < 1.29 is 9.90 Å². The van der Waals surface area contributed by atoms with Crippen LogP contribution in [0.2, 0.25) is 0 Å². The summed E-state index contributed by atoms with van der Waals surface area (Å²) in [5.74, 6) is -0.0397. The van der Waals surface area contributed by atoms with Gasteiger partial charge in [0.25, 0.3) is 0 Å². The van der Waals surface area contributed by atoms with Crippen molar-refractivity contribution in [3.63, 3.8) is 0 Å². The van der Waals surface area contributed by atoms with Gasteiger partial charge in [0.05, 0.1) is 12.1 Å². The van der Waals surface area contributed by atoms with E-state index in [1.165, 1.54) is 5.56 Å². The molecule has 100 valence electrons. The fourth-order valence-electron chi connectivity index (χ4n) is 1.94. The number of benzene rings is 1. The molecule has 0 spiro atoms. The molecule has 4 nitrogen and oxygen atoms in total. The third-order valence-electron chi connectivity index (χ3n) is 3.01. The van der Waals surface area contributed by atoms with Gasteiger partial charge in [0.2, 0.25) is 5.91 Å². The molecule has 1 amide bonds. The summed E-state index contributed by atoms with van der Waals surface area (Å²) < 4.78 is 0. The van der Waals surface area contributed by atoms with Gasteiger partial charge in [-0.15, -0.1) is 12.4 Å². The van der Waals surface area contributed by atoms with Crippen molar-refractivity contribution in [1.29, 1.82) is 0 Å². The first kappa shape index (κ1) is 15.0. The van der Waals surface area contributed by atoms with Gasteiger partial charge in [0.15, 0.2) is 0 Å². The molecule has 0 bridgehead atoms. The third-order valence-corrected chi connectivity index (χ3v) is 3.01. The van der Waals surface area contributed by atoms with Crippen molar-refractivity contribution >= 4 is 18.3 Å². The zero-order valence-corrected chi connectivity index (χ0v) is 11.2. The molecule has 1 heterocycles. The second kappa shape index (κ2) is 6.73. The quantitative estimate of drug-likeness (QED) is 0.760. The van der Waals surface area contributed by atoms with Crippen molar-refractivity contribution in [2.24, 2.45) is 0 Å². The molecule has 1 aliphatic rings. The van der Waals surface area contributed by atoms with E-state index in [4.69, 9.17) is 0 Å². The minimum atomic E-state index is -0.398. The van der Waals surface area contributed by atoms with Crippen LogP contribution in [0.3, 0.4) is 0 Å². The molecule has 2 unspecified atom stereocenters. The van der Waals surface area contributed by atoms with Crippen LogP contribution in [0.4, 0.5) is 0 Å². The number of carbonyl (C=O) groups is 1. The summed E-state index contributed by atoms with van der Waals surface area (Å²) in [6.45, 7) is 3.07. The Bertz CT molecular complexity index is 394. The van der Waals surface area contributed by atoms with Gasteiger partial charge in [-0.3, -0.25) is 4.79 Å². The fourth-order valence-corrected chi connectivity index (χ4v) is 1.94. The lowest BCUT2D eigenvalue weighted by atomic mass is 10.1. The van der Waals surface area contributed by atoms with Crippen LogP contribution in [-0.4, -0.2) is 29.7 Å². The van der Waals surface area contributed by atoms with Gasteiger partial charge < -0.3 is 15.7 Å². The molecule has 2 atom stereocenters. The molecule has 2 rings (SSSR count). The van der Waals surface area contributed by atoms with E-state index < -0.39 is 6.10 Å². The Kier molecular flexibility index (Phi) is 5.59. The van der Waals surface area contributed by atoms with E-state index in [9.17, 15) is 9.90 Å². The standard InChI is InChI=1S/C13H18N2O2.ClH/c1-9-2-4-10(5-3-9)7-15-13(17)12-6-11(16)8-14-12;/h2-5,11-12,14,16H,6-8H2,1H3,(H,15,17);1H. The lowest BCUT2D eigenvalue weighted by Crippen LogP contribution is -2.39. The highest BCUT2D eigenvalue weighted by Crippen LogP contribution is 2.07. The van der Waals surface area contributed by atoms with E-state index in [1.54, 1.807) is 0 Å². The molecule has 1 aromatic carbocycles. The molecular weight excluding hydrogens is 252 g/mol. The number of β-amino-alcohol motifs (C(OH)–C–C–N with tert-alkyl or cyclic N) is 1. The summed E-state index contributed by atoms with van der Waals surface area (Å²) in [5, 5.41) is 15.2. The van der Waals surface area contributed by atoms with Crippen LogP contribution in [0.25, 0.3) is 0 Å². The van der Waals surface area contributed by atoms with E-state index in [1.807, 2.05) is 31.2 Å². The van der Waals surface area contributed by atoms with Crippen molar-refractivity contribution in [3.8, 4) is 0 Å². The van der Waals surface area contributed by atoms with Crippen molar-refractivity contribution in [3.05, 3.63) is 35.4 Å². The highest BCUT2D eigenvalue weighted by atomic mass is 35.5. The third kappa shape index (κ3) is 3.98. The maximum atomic E-state index is 11.7. The van der Waals surface area contributed by atoms with Crippen LogP contribution in [0, 0.1) is 6.92 Å². The zero-order valence-electron chi connectivity index (χ0n) is 10.3. The van der Waals surface area contributed by atoms with Crippen LogP contribution in [-0.2, 0) is 11.3 Å². The van der Waals surface area contributed by atoms with Crippen molar-refractivity contribution in [2.45, 2.75) is 32.0 Å². The van der Waals surface area contributed by atoms with Crippen LogP contribution >= 0.6 is 12.4 Å². The van der Waals surface area contributed by atoms with Gasteiger partial charge in [-0.05, 0) is 18.9 Å². The smallest absolute Gasteiger partial charge is 0.237 e. The minimum absolute atomic E-state index is 0. The molecule has 18 heavy (non-hydrogen) atoms.